The summed E-state index contributed by atoms with van der Waals surface area (Å²) in [6, 6.07) is 11.2. The zero-order valence-corrected chi connectivity index (χ0v) is 26.2. The number of carbonyl (C=O) groups is 2. The molecular weight excluding hydrogens is 608 g/mol. The van der Waals surface area contributed by atoms with Crippen LogP contribution in [0.4, 0.5) is 11.8 Å². The summed E-state index contributed by atoms with van der Waals surface area (Å²) in [5.41, 5.74) is 2.53. The van der Waals surface area contributed by atoms with Gasteiger partial charge in [-0.3, -0.25) is 14.2 Å². The van der Waals surface area contributed by atoms with Crippen LogP contribution in [0.1, 0.15) is 55.5 Å². The fourth-order valence-corrected chi connectivity index (χ4v) is 6.19. The van der Waals surface area contributed by atoms with Crippen LogP contribution >= 0.6 is 0 Å². The molecular formula is C32H40N8O7. The molecule has 250 valence electrons. The van der Waals surface area contributed by atoms with Crippen LogP contribution in [0.3, 0.4) is 0 Å². The van der Waals surface area contributed by atoms with Crippen LogP contribution in [0.25, 0.3) is 11.2 Å². The number of fused-ring (bicyclic) bond motifs is 1. The summed E-state index contributed by atoms with van der Waals surface area (Å²) >= 11 is 0. The molecule has 15 nitrogen and oxygen atoms in total. The maximum absolute atomic E-state index is 11.7. The van der Waals surface area contributed by atoms with Crippen molar-refractivity contribution in [2.24, 2.45) is 0 Å². The van der Waals surface area contributed by atoms with Gasteiger partial charge in [-0.05, 0) is 44.3 Å². The molecule has 6 rings (SSSR count). The number of hydrogen-bond donors (Lipinski definition) is 3. The van der Waals surface area contributed by atoms with Crippen molar-refractivity contribution in [2.75, 3.05) is 43.4 Å². The van der Waals surface area contributed by atoms with Crippen LogP contribution in [0.15, 0.2) is 47.2 Å². The van der Waals surface area contributed by atoms with Crippen molar-refractivity contribution in [3.8, 4) is 0 Å². The summed E-state index contributed by atoms with van der Waals surface area (Å²) in [6.45, 7) is 5.92. The lowest BCUT2D eigenvalue weighted by molar-refractivity contribution is -0.151. The number of aliphatic hydroxyl groups excluding tert-OH is 1. The molecule has 5 atom stereocenters. The summed E-state index contributed by atoms with van der Waals surface area (Å²) in [5.74, 6) is 1.08. The molecule has 0 unspecified atom stereocenters. The van der Waals surface area contributed by atoms with Gasteiger partial charge in [0, 0.05) is 19.2 Å². The number of carbonyl (C=O) groups excluding carboxylic acids is 2. The molecule has 2 saturated heterocycles. The molecule has 2 fully saturated rings. The molecule has 0 saturated carbocycles. The van der Waals surface area contributed by atoms with E-state index >= 15 is 0 Å². The number of aliphatic hydroxyl groups is 1. The zero-order valence-electron chi connectivity index (χ0n) is 26.2. The number of piperidine rings is 1. The Labute approximate surface area is 271 Å². The van der Waals surface area contributed by atoms with Gasteiger partial charge >= 0.3 is 0 Å². The predicted molar refractivity (Wildman–Crippen MR) is 169 cm³/mol. The Balaban J connectivity index is 1.34. The summed E-state index contributed by atoms with van der Waals surface area (Å²) in [6.07, 6.45) is 2.28. The van der Waals surface area contributed by atoms with Gasteiger partial charge in [0.15, 0.2) is 47.3 Å². The van der Waals surface area contributed by atoms with Crippen molar-refractivity contribution < 1.29 is 33.4 Å². The molecule has 0 aliphatic carbocycles. The maximum atomic E-state index is 11.7. The number of benzene rings is 1. The Hall–Kier alpha value is -4.60. The van der Waals surface area contributed by atoms with E-state index in [0.29, 0.717) is 53.8 Å². The van der Waals surface area contributed by atoms with Gasteiger partial charge in [0.1, 0.15) is 0 Å². The van der Waals surface area contributed by atoms with E-state index < -0.39 is 24.5 Å². The van der Waals surface area contributed by atoms with Crippen LogP contribution in [-0.2, 0) is 36.6 Å². The highest BCUT2D eigenvalue weighted by Crippen LogP contribution is 2.43. The Morgan fingerprint density at radius 1 is 1.09 bits per heavy atom. The number of hydrogen-bond acceptors (Lipinski definition) is 14. The molecule has 3 aromatic heterocycles. The van der Waals surface area contributed by atoms with E-state index in [2.05, 4.69) is 25.7 Å². The van der Waals surface area contributed by atoms with Gasteiger partial charge in [0.25, 0.3) is 12.9 Å². The quantitative estimate of drug-likeness (QED) is 0.151. The molecule has 0 bridgehead atoms. The highest BCUT2D eigenvalue weighted by Gasteiger charge is 2.51. The normalized spacial score (nSPS) is 22.2. The van der Waals surface area contributed by atoms with Gasteiger partial charge in [-0.25, -0.2) is 4.98 Å². The zero-order chi connectivity index (χ0) is 32.6. The maximum Gasteiger partial charge on any atom is 0.293 e. The molecule has 0 spiro atoms. The molecule has 4 aromatic rings. The minimum Gasteiger partial charge on any atom is -0.457 e. The van der Waals surface area contributed by atoms with Gasteiger partial charge in [0.2, 0.25) is 5.95 Å². The van der Waals surface area contributed by atoms with Gasteiger partial charge in [-0.1, -0.05) is 48.8 Å². The van der Waals surface area contributed by atoms with E-state index in [4.69, 9.17) is 28.7 Å². The first-order valence-corrected chi connectivity index (χ1v) is 16.0. The number of aromatic nitrogens is 5. The highest BCUT2D eigenvalue weighted by molar-refractivity contribution is 5.84. The summed E-state index contributed by atoms with van der Waals surface area (Å²) in [4.78, 5) is 39.9. The third-order valence-electron chi connectivity index (χ3n) is 8.58. The van der Waals surface area contributed by atoms with Gasteiger partial charge in [-0.15, -0.1) is 0 Å². The molecule has 47 heavy (non-hydrogen) atoms. The predicted octanol–water partition coefficient (Wildman–Crippen LogP) is 2.64. The Bertz CT molecular complexity index is 1610. The first-order chi connectivity index (χ1) is 23.1. The minimum absolute atomic E-state index is 0.150. The lowest BCUT2D eigenvalue weighted by Crippen LogP contribution is -2.34. The molecule has 2 aliphatic rings. The van der Waals surface area contributed by atoms with Crippen LogP contribution < -0.4 is 10.6 Å². The van der Waals surface area contributed by atoms with Crippen molar-refractivity contribution in [3.63, 3.8) is 0 Å². The number of nitrogens with one attached hydrogen (secondary N) is 2. The number of ether oxygens (including phenoxy) is 3. The fraction of sp³-hybridized carbons (Fsp3) is 0.500. The summed E-state index contributed by atoms with van der Waals surface area (Å²) < 4.78 is 24.4. The van der Waals surface area contributed by atoms with Crippen molar-refractivity contribution in [3.05, 3.63) is 59.7 Å². The van der Waals surface area contributed by atoms with E-state index in [1.165, 1.54) is 25.6 Å². The van der Waals surface area contributed by atoms with E-state index in [-0.39, 0.29) is 25.6 Å². The SMILES string of the molecule is CCc1cc([C@H]2O[C@@H](n3cnc4c(N[C@H](CO)Cc5ccccc5)nc(NCCN5CCCCC5)nc43)[C@H](OC=O)[C@@H]2OC=O)on1. The second-order valence-electron chi connectivity index (χ2n) is 11.7. The summed E-state index contributed by atoms with van der Waals surface area (Å²) in [7, 11) is 0. The lowest BCUT2D eigenvalue weighted by Gasteiger charge is -2.26. The lowest BCUT2D eigenvalue weighted by atomic mass is 10.1. The molecule has 3 N–H and O–H groups in total. The van der Waals surface area contributed by atoms with E-state index in [0.717, 1.165) is 25.2 Å². The third-order valence-corrected chi connectivity index (χ3v) is 8.58. The second kappa shape index (κ2) is 15.3. The van der Waals surface area contributed by atoms with Crippen molar-refractivity contribution >= 4 is 35.9 Å². The second-order valence-corrected chi connectivity index (χ2v) is 11.7. The Morgan fingerprint density at radius 2 is 1.87 bits per heavy atom. The number of aryl methyl sites for hydroxylation is 1. The largest absolute Gasteiger partial charge is 0.457 e. The summed E-state index contributed by atoms with van der Waals surface area (Å²) in [5, 5.41) is 21.1. The van der Waals surface area contributed by atoms with E-state index in [9.17, 15) is 14.7 Å². The van der Waals surface area contributed by atoms with Crippen molar-refractivity contribution in [2.45, 2.75) is 69.6 Å². The monoisotopic (exact) mass is 648 g/mol. The molecule has 1 aromatic carbocycles. The van der Waals surface area contributed by atoms with Gasteiger partial charge < -0.3 is 39.4 Å². The average molecular weight is 649 g/mol. The van der Waals surface area contributed by atoms with E-state index in [1.54, 1.807) is 10.6 Å². The molecule has 0 radical (unpaired) electrons. The highest BCUT2D eigenvalue weighted by atomic mass is 16.6. The Kier molecular flexibility index (Phi) is 10.5. The smallest absolute Gasteiger partial charge is 0.293 e. The van der Waals surface area contributed by atoms with Crippen LogP contribution in [0.5, 0.6) is 0 Å². The number of nitrogens with zero attached hydrogens (tertiary/aromatic N) is 6. The molecule has 2 aliphatic heterocycles. The molecule has 5 heterocycles. The standard InChI is InChI=1S/C32H40N8O7/c1-2-22-16-24(47-38-22)26-27(44-19-42)28(45-20-43)31(46-26)40-18-34-25-29(35-23(17-41)15-21-9-5-3-6-10-21)36-32(37-30(25)40)33-11-14-39-12-7-4-8-13-39/h3,5-6,9-10,16,18-20,23,26-28,31,41H,2,4,7-8,11-15,17H2,1H3,(H2,33,35,36,37)/t23-,26+,27+,28+,31+/m0/s1. The first-order valence-electron chi connectivity index (χ1n) is 16.0. The van der Waals surface area contributed by atoms with E-state index in [1.807, 2.05) is 37.3 Å². The Morgan fingerprint density at radius 3 is 2.60 bits per heavy atom. The van der Waals surface area contributed by atoms with Crippen molar-refractivity contribution in [1.29, 1.82) is 0 Å². The molecule has 0 amide bonds. The third kappa shape index (κ3) is 7.37. The topological polar surface area (TPSA) is 179 Å². The fourth-order valence-electron chi connectivity index (χ4n) is 6.19. The molecule has 15 heteroatoms. The van der Waals surface area contributed by atoms with Crippen LogP contribution in [-0.4, -0.2) is 98.7 Å². The first kappa shape index (κ1) is 32.3. The number of anilines is 2. The number of likely N-dealkylation sites (tertiary alicyclic amines) is 1. The van der Waals surface area contributed by atoms with Crippen molar-refractivity contribution in [1.82, 2.24) is 29.6 Å². The number of imidazole rings is 1. The van der Waals surface area contributed by atoms with Gasteiger partial charge in [0.05, 0.1) is 24.7 Å². The van der Waals surface area contributed by atoms with Crippen LogP contribution in [0.2, 0.25) is 0 Å². The minimum atomic E-state index is -1.07. The average Bonchev–Trinajstić information content (AvgIpc) is 3.83. The van der Waals surface area contributed by atoms with Gasteiger partial charge in [-0.2, -0.15) is 9.97 Å². The van der Waals surface area contributed by atoms with Crippen LogP contribution in [0, 0.1) is 0 Å². The number of rotatable bonds is 16.